The SMILES string of the molecule is CCCc1cnc(NC(=O)[C@@H]2CC[C@@H](C)O2)s1. The fourth-order valence-corrected chi connectivity index (χ4v) is 2.83. The maximum Gasteiger partial charge on any atom is 0.255 e. The van der Waals surface area contributed by atoms with Crippen molar-refractivity contribution >= 4 is 22.4 Å². The van der Waals surface area contributed by atoms with E-state index in [-0.39, 0.29) is 18.1 Å². The van der Waals surface area contributed by atoms with Crippen LogP contribution in [0.5, 0.6) is 0 Å². The fourth-order valence-electron chi connectivity index (χ4n) is 1.91. The number of anilines is 1. The summed E-state index contributed by atoms with van der Waals surface area (Å²) < 4.78 is 5.51. The molecule has 2 atom stereocenters. The van der Waals surface area contributed by atoms with Crippen LogP contribution in [-0.2, 0) is 16.0 Å². The molecule has 1 saturated heterocycles. The van der Waals surface area contributed by atoms with E-state index in [4.69, 9.17) is 4.74 Å². The molecule has 0 unspecified atom stereocenters. The first kappa shape index (κ1) is 12.5. The average Bonchev–Trinajstić information content (AvgIpc) is 2.88. The van der Waals surface area contributed by atoms with Crippen LogP contribution < -0.4 is 5.32 Å². The normalized spacial score (nSPS) is 23.9. The third-order valence-electron chi connectivity index (χ3n) is 2.80. The van der Waals surface area contributed by atoms with E-state index in [0.717, 1.165) is 25.7 Å². The highest BCUT2D eigenvalue weighted by Crippen LogP contribution is 2.23. The molecule has 1 fully saturated rings. The first-order chi connectivity index (χ1) is 8.19. The fraction of sp³-hybridized carbons (Fsp3) is 0.667. The van der Waals surface area contributed by atoms with Gasteiger partial charge in [-0.2, -0.15) is 0 Å². The van der Waals surface area contributed by atoms with Gasteiger partial charge in [-0.25, -0.2) is 4.98 Å². The standard InChI is InChI=1S/C12H18N2O2S/c1-3-4-9-7-13-12(17-9)14-11(15)10-6-5-8(2)16-10/h7-8,10H,3-6H2,1-2H3,(H,13,14,15)/t8-,10+/m1/s1. The van der Waals surface area contributed by atoms with Crippen molar-refractivity contribution in [3.8, 4) is 0 Å². The number of aryl methyl sites for hydroxylation is 1. The quantitative estimate of drug-likeness (QED) is 0.898. The van der Waals surface area contributed by atoms with Crippen molar-refractivity contribution in [2.75, 3.05) is 5.32 Å². The maximum atomic E-state index is 11.9. The second-order valence-corrected chi connectivity index (χ2v) is 5.50. The topological polar surface area (TPSA) is 51.2 Å². The number of aromatic nitrogens is 1. The Labute approximate surface area is 105 Å². The summed E-state index contributed by atoms with van der Waals surface area (Å²) in [7, 11) is 0. The summed E-state index contributed by atoms with van der Waals surface area (Å²) in [5.41, 5.74) is 0. The third kappa shape index (κ3) is 3.26. The van der Waals surface area contributed by atoms with E-state index in [1.54, 1.807) is 11.3 Å². The largest absolute Gasteiger partial charge is 0.365 e. The predicted octanol–water partition coefficient (Wildman–Crippen LogP) is 2.60. The molecule has 0 saturated carbocycles. The molecule has 17 heavy (non-hydrogen) atoms. The molecule has 0 radical (unpaired) electrons. The Bertz CT molecular complexity index is 392. The van der Waals surface area contributed by atoms with E-state index < -0.39 is 0 Å². The number of amides is 1. The van der Waals surface area contributed by atoms with Crippen molar-refractivity contribution in [1.29, 1.82) is 0 Å². The Morgan fingerprint density at radius 1 is 1.65 bits per heavy atom. The smallest absolute Gasteiger partial charge is 0.255 e. The summed E-state index contributed by atoms with van der Waals surface area (Å²) in [6.45, 7) is 4.13. The van der Waals surface area contributed by atoms with Crippen molar-refractivity contribution in [2.24, 2.45) is 0 Å². The van der Waals surface area contributed by atoms with Crippen LogP contribution in [0, 0.1) is 0 Å². The van der Waals surface area contributed by atoms with Gasteiger partial charge in [0.05, 0.1) is 6.10 Å². The molecule has 0 aliphatic carbocycles. The van der Waals surface area contributed by atoms with Crippen LogP contribution in [0.4, 0.5) is 5.13 Å². The highest BCUT2D eigenvalue weighted by molar-refractivity contribution is 7.15. The Morgan fingerprint density at radius 2 is 2.47 bits per heavy atom. The molecule has 0 bridgehead atoms. The van der Waals surface area contributed by atoms with Crippen LogP contribution in [0.25, 0.3) is 0 Å². The minimum atomic E-state index is -0.302. The summed E-state index contributed by atoms with van der Waals surface area (Å²) in [5.74, 6) is -0.0632. The van der Waals surface area contributed by atoms with Gasteiger partial charge in [-0.1, -0.05) is 13.3 Å². The second-order valence-electron chi connectivity index (χ2n) is 4.38. The van der Waals surface area contributed by atoms with Gasteiger partial charge in [-0.05, 0) is 26.2 Å². The molecular formula is C12H18N2O2S. The lowest BCUT2D eigenvalue weighted by atomic mass is 10.2. The zero-order valence-corrected chi connectivity index (χ0v) is 11.0. The van der Waals surface area contributed by atoms with Crippen LogP contribution in [-0.4, -0.2) is 23.1 Å². The summed E-state index contributed by atoms with van der Waals surface area (Å²) in [6, 6.07) is 0. The number of carbonyl (C=O) groups is 1. The van der Waals surface area contributed by atoms with Crippen molar-refractivity contribution in [2.45, 2.75) is 51.7 Å². The van der Waals surface area contributed by atoms with Gasteiger partial charge in [0.2, 0.25) is 0 Å². The van der Waals surface area contributed by atoms with E-state index in [2.05, 4.69) is 17.2 Å². The molecule has 2 heterocycles. The highest BCUT2D eigenvalue weighted by atomic mass is 32.1. The van der Waals surface area contributed by atoms with Gasteiger partial charge in [0, 0.05) is 11.1 Å². The lowest BCUT2D eigenvalue weighted by molar-refractivity contribution is -0.126. The second kappa shape index (κ2) is 5.60. The number of hydrogen-bond donors (Lipinski definition) is 1. The van der Waals surface area contributed by atoms with Gasteiger partial charge in [0.25, 0.3) is 5.91 Å². The summed E-state index contributed by atoms with van der Waals surface area (Å²) >= 11 is 1.55. The van der Waals surface area contributed by atoms with E-state index in [9.17, 15) is 4.79 Å². The van der Waals surface area contributed by atoms with E-state index in [1.165, 1.54) is 4.88 Å². The zero-order valence-electron chi connectivity index (χ0n) is 10.2. The van der Waals surface area contributed by atoms with Crippen molar-refractivity contribution in [3.63, 3.8) is 0 Å². The van der Waals surface area contributed by atoms with E-state index in [0.29, 0.717) is 5.13 Å². The Kier molecular flexibility index (Phi) is 4.12. The lowest BCUT2D eigenvalue weighted by Crippen LogP contribution is -2.27. The molecule has 1 aromatic rings. The van der Waals surface area contributed by atoms with Crippen LogP contribution in [0.1, 0.15) is 38.0 Å². The van der Waals surface area contributed by atoms with Gasteiger partial charge in [-0.15, -0.1) is 11.3 Å². The summed E-state index contributed by atoms with van der Waals surface area (Å²) in [6.07, 6.45) is 5.60. The molecule has 5 heteroatoms. The number of hydrogen-bond acceptors (Lipinski definition) is 4. The highest BCUT2D eigenvalue weighted by Gasteiger charge is 2.28. The Balaban J connectivity index is 1.89. The van der Waals surface area contributed by atoms with Gasteiger partial charge in [0.15, 0.2) is 5.13 Å². The Morgan fingerprint density at radius 3 is 3.12 bits per heavy atom. The van der Waals surface area contributed by atoms with Gasteiger partial charge < -0.3 is 4.74 Å². The molecule has 1 aliphatic rings. The zero-order chi connectivity index (χ0) is 12.3. The number of nitrogens with zero attached hydrogens (tertiary/aromatic N) is 1. The molecule has 1 amide bonds. The molecule has 0 aromatic carbocycles. The van der Waals surface area contributed by atoms with Crippen LogP contribution in [0.15, 0.2) is 6.20 Å². The molecule has 94 valence electrons. The summed E-state index contributed by atoms with van der Waals surface area (Å²) in [5, 5.41) is 3.51. The third-order valence-corrected chi connectivity index (χ3v) is 3.78. The van der Waals surface area contributed by atoms with Crippen molar-refractivity contribution < 1.29 is 9.53 Å². The van der Waals surface area contributed by atoms with Gasteiger partial charge in [-0.3, -0.25) is 10.1 Å². The lowest BCUT2D eigenvalue weighted by Gasteiger charge is -2.09. The molecule has 1 aromatic heterocycles. The number of thiazole rings is 1. The molecule has 1 N–H and O–H groups in total. The van der Waals surface area contributed by atoms with E-state index >= 15 is 0 Å². The number of carbonyl (C=O) groups excluding carboxylic acids is 1. The molecule has 0 spiro atoms. The monoisotopic (exact) mass is 254 g/mol. The first-order valence-electron chi connectivity index (χ1n) is 6.10. The van der Waals surface area contributed by atoms with Gasteiger partial charge >= 0.3 is 0 Å². The molecule has 2 rings (SSSR count). The molecule has 1 aliphatic heterocycles. The average molecular weight is 254 g/mol. The number of rotatable bonds is 4. The predicted molar refractivity (Wildman–Crippen MR) is 68.3 cm³/mol. The van der Waals surface area contributed by atoms with Crippen molar-refractivity contribution in [3.05, 3.63) is 11.1 Å². The number of ether oxygens (including phenoxy) is 1. The van der Waals surface area contributed by atoms with Crippen LogP contribution in [0.2, 0.25) is 0 Å². The Hall–Kier alpha value is -0.940. The molecule has 4 nitrogen and oxygen atoms in total. The minimum absolute atomic E-state index is 0.0632. The van der Waals surface area contributed by atoms with Crippen molar-refractivity contribution in [1.82, 2.24) is 4.98 Å². The minimum Gasteiger partial charge on any atom is -0.365 e. The van der Waals surface area contributed by atoms with Crippen LogP contribution in [0.3, 0.4) is 0 Å². The summed E-state index contributed by atoms with van der Waals surface area (Å²) in [4.78, 5) is 17.3. The maximum absolute atomic E-state index is 11.9. The van der Waals surface area contributed by atoms with E-state index in [1.807, 2.05) is 13.1 Å². The van der Waals surface area contributed by atoms with Crippen LogP contribution >= 0.6 is 11.3 Å². The first-order valence-corrected chi connectivity index (χ1v) is 6.91. The number of nitrogens with one attached hydrogen (secondary N) is 1. The molecular weight excluding hydrogens is 236 g/mol. The van der Waals surface area contributed by atoms with Gasteiger partial charge in [0.1, 0.15) is 6.10 Å².